The Morgan fingerprint density at radius 1 is 0.963 bits per heavy atom. The quantitative estimate of drug-likeness (QED) is 0.472. The lowest BCUT2D eigenvalue weighted by Crippen LogP contribution is -2.50. The Morgan fingerprint density at radius 3 is 2.07 bits per heavy atom. The normalized spacial score (nSPS) is 32.9. The monoisotopic (exact) mass is 372 g/mol. The van der Waals surface area contributed by atoms with Crippen LogP contribution in [0.3, 0.4) is 0 Å². The summed E-state index contributed by atoms with van der Waals surface area (Å²) in [6.45, 7) is 13.6. The van der Waals surface area contributed by atoms with E-state index >= 15 is 0 Å². The Labute approximate surface area is 167 Å². The molecule has 0 saturated heterocycles. The maximum Gasteiger partial charge on any atom is 0.205 e. The molecule has 1 aromatic rings. The van der Waals surface area contributed by atoms with Gasteiger partial charge < -0.3 is 9.47 Å². The number of hydrogen-bond acceptors (Lipinski definition) is 2. The van der Waals surface area contributed by atoms with Crippen LogP contribution in [0.15, 0.2) is 24.3 Å². The molecule has 2 bridgehead atoms. The number of hydrogen-bond donors (Lipinski definition) is 0. The molecular formula is C25H40O2. The van der Waals surface area contributed by atoms with Crippen LogP contribution in [0, 0.1) is 23.2 Å². The molecule has 0 spiro atoms. The molecule has 0 heterocycles. The zero-order chi connectivity index (χ0) is 19.6. The number of benzene rings is 1. The van der Waals surface area contributed by atoms with Crippen molar-refractivity contribution >= 4 is 0 Å². The summed E-state index contributed by atoms with van der Waals surface area (Å²) in [6, 6.07) is 8.74. The first-order valence-corrected chi connectivity index (χ1v) is 11.2. The Kier molecular flexibility index (Phi) is 6.56. The topological polar surface area (TPSA) is 18.5 Å². The maximum absolute atomic E-state index is 6.58. The second-order valence-corrected chi connectivity index (χ2v) is 10.0. The zero-order valence-corrected chi connectivity index (χ0v) is 18.3. The van der Waals surface area contributed by atoms with Gasteiger partial charge in [-0.25, -0.2) is 0 Å². The van der Waals surface area contributed by atoms with Crippen molar-refractivity contribution in [2.45, 2.75) is 98.4 Å². The Balaban J connectivity index is 1.82. The van der Waals surface area contributed by atoms with Crippen LogP contribution in [0.2, 0.25) is 0 Å². The summed E-state index contributed by atoms with van der Waals surface area (Å²) >= 11 is 0. The van der Waals surface area contributed by atoms with Crippen LogP contribution in [-0.4, -0.2) is 12.4 Å². The predicted molar refractivity (Wildman–Crippen MR) is 113 cm³/mol. The van der Waals surface area contributed by atoms with Gasteiger partial charge in [0.25, 0.3) is 0 Å². The minimum atomic E-state index is -0.139. The van der Waals surface area contributed by atoms with Crippen molar-refractivity contribution in [1.82, 2.24) is 0 Å². The molecule has 27 heavy (non-hydrogen) atoms. The molecule has 0 aliphatic heterocycles. The van der Waals surface area contributed by atoms with Gasteiger partial charge in [-0.2, -0.15) is 0 Å². The lowest BCUT2D eigenvalue weighted by Gasteiger charge is -2.52. The van der Waals surface area contributed by atoms with Gasteiger partial charge in [-0.05, 0) is 93.7 Å². The fourth-order valence-corrected chi connectivity index (χ4v) is 5.85. The molecular weight excluding hydrogens is 332 g/mol. The lowest BCUT2D eigenvalue weighted by atomic mass is 9.56. The first-order valence-electron chi connectivity index (χ1n) is 11.2. The average Bonchev–Trinajstić information content (AvgIpc) is 2.59. The van der Waals surface area contributed by atoms with Crippen molar-refractivity contribution < 1.29 is 9.47 Å². The number of ether oxygens (including phenoxy) is 2. The first-order chi connectivity index (χ1) is 12.8. The molecule has 2 saturated carbocycles. The van der Waals surface area contributed by atoms with Crippen molar-refractivity contribution in [3.8, 4) is 5.75 Å². The van der Waals surface area contributed by atoms with Gasteiger partial charge in [0.1, 0.15) is 5.75 Å². The SMILES string of the molecule is CCC(C)c1ccc(OC(OC(C)C)C23CC(C)CC(CC(C)C2)C3)cc1. The maximum atomic E-state index is 6.58. The average molecular weight is 373 g/mol. The molecule has 3 rings (SSSR count). The molecule has 152 valence electrons. The van der Waals surface area contributed by atoms with Gasteiger partial charge in [0, 0.05) is 5.41 Å². The van der Waals surface area contributed by atoms with Crippen molar-refractivity contribution in [3.05, 3.63) is 29.8 Å². The summed E-state index contributed by atoms with van der Waals surface area (Å²) in [5.41, 5.74) is 1.56. The molecule has 1 aromatic carbocycles. The molecule has 2 aliphatic carbocycles. The van der Waals surface area contributed by atoms with Gasteiger partial charge in [-0.3, -0.25) is 0 Å². The Morgan fingerprint density at radius 2 is 1.56 bits per heavy atom. The van der Waals surface area contributed by atoms with E-state index in [4.69, 9.17) is 9.47 Å². The van der Waals surface area contributed by atoms with E-state index in [-0.39, 0.29) is 17.8 Å². The highest BCUT2D eigenvalue weighted by Crippen LogP contribution is 2.55. The van der Waals surface area contributed by atoms with Crippen LogP contribution in [0.4, 0.5) is 0 Å². The van der Waals surface area contributed by atoms with Crippen molar-refractivity contribution in [1.29, 1.82) is 0 Å². The lowest BCUT2D eigenvalue weighted by molar-refractivity contribution is -0.212. The third-order valence-corrected chi connectivity index (χ3v) is 6.88. The highest BCUT2D eigenvalue weighted by Gasteiger charge is 2.51. The summed E-state index contributed by atoms with van der Waals surface area (Å²) in [6.07, 6.45) is 7.70. The van der Waals surface area contributed by atoms with E-state index < -0.39 is 0 Å². The van der Waals surface area contributed by atoms with Gasteiger partial charge in [0.15, 0.2) is 0 Å². The Bertz CT molecular complexity index is 571. The molecule has 2 nitrogen and oxygen atoms in total. The van der Waals surface area contributed by atoms with Gasteiger partial charge in [0.2, 0.25) is 6.29 Å². The summed E-state index contributed by atoms with van der Waals surface area (Å²) in [7, 11) is 0. The van der Waals surface area contributed by atoms with Gasteiger partial charge in [-0.15, -0.1) is 0 Å². The zero-order valence-electron chi connectivity index (χ0n) is 18.3. The summed E-state index contributed by atoms with van der Waals surface area (Å²) in [5, 5.41) is 0. The third-order valence-electron chi connectivity index (χ3n) is 6.88. The minimum absolute atomic E-state index is 0.139. The van der Waals surface area contributed by atoms with Crippen molar-refractivity contribution in [2.24, 2.45) is 23.2 Å². The molecule has 4 unspecified atom stereocenters. The molecule has 4 atom stereocenters. The van der Waals surface area contributed by atoms with Crippen molar-refractivity contribution in [2.75, 3.05) is 0 Å². The van der Waals surface area contributed by atoms with Crippen LogP contribution in [0.25, 0.3) is 0 Å². The fourth-order valence-electron chi connectivity index (χ4n) is 5.85. The fraction of sp³-hybridized carbons (Fsp3) is 0.760. The summed E-state index contributed by atoms with van der Waals surface area (Å²) in [5.74, 6) is 3.93. The number of fused-ring (bicyclic) bond motifs is 2. The molecule has 2 fully saturated rings. The van der Waals surface area contributed by atoms with Gasteiger partial charge >= 0.3 is 0 Å². The molecule has 2 heteroatoms. The van der Waals surface area contributed by atoms with Crippen LogP contribution in [0.5, 0.6) is 5.75 Å². The van der Waals surface area contributed by atoms with Gasteiger partial charge in [0.05, 0.1) is 6.10 Å². The summed E-state index contributed by atoms with van der Waals surface area (Å²) < 4.78 is 13.0. The van der Waals surface area contributed by atoms with E-state index in [1.54, 1.807) is 0 Å². The van der Waals surface area contributed by atoms with E-state index in [9.17, 15) is 0 Å². The van der Waals surface area contributed by atoms with Crippen LogP contribution in [-0.2, 0) is 4.74 Å². The molecule has 2 aliphatic rings. The largest absolute Gasteiger partial charge is 0.464 e. The van der Waals surface area contributed by atoms with E-state index in [1.807, 2.05) is 0 Å². The molecule has 0 amide bonds. The van der Waals surface area contributed by atoms with E-state index in [1.165, 1.54) is 44.1 Å². The van der Waals surface area contributed by atoms with Gasteiger partial charge in [-0.1, -0.05) is 39.8 Å². The smallest absolute Gasteiger partial charge is 0.205 e. The Hall–Kier alpha value is -1.02. The highest BCUT2D eigenvalue weighted by atomic mass is 16.7. The second kappa shape index (κ2) is 8.55. The predicted octanol–water partition coefficient (Wildman–Crippen LogP) is 7.18. The standard InChI is InChI=1S/C25H40O2/c1-7-20(6)22-8-10-23(11-9-22)27-24(26-17(2)3)25-14-18(4)12-21(16-25)13-19(5)15-25/h8-11,17-21,24H,7,12-16H2,1-6H3. The third kappa shape index (κ3) is 4.88. The van der Waals surface area contributed by atoms with E-state index in [0.29, 0.717) is 5.92 Å². The van der Waals surface area contributed by atoms with Crippen molar-refractivity contribution in [3.63, 3.8) is 0 Å². The van der Waals surface area contributed by atoms with Crippen LogP contribution >= 0.6 is 0 Å². The number of rotatable bonds is 7. The minimum Gasteiger partial charge on any atom is -0.464 e. The first kappa shape index (κ1) is 20.7. The van der Waals surface area contributed by atoms with E-state index in [0.717, 1.165) is 23.5 Å². The van der Waals surface area contributed by atoms with Crippen LogP contribution in [0.1, 0.15) is 91.5 Å². The molecule has 0 aromatic heterocycles. The molecule has 0 radical (unpaired) electrons. The molecule has 0 N–H and O–H groups in total. The van der Waals surface area contributed by atoms with Crippen LogP contribution < -0.4 is 4.74 Å². The second-order valence-electron chi connectivity index (χ2n) is 10.0. The highest BCUT2D eigenvalue weighted by molar-refractivity contribution is 5.29. The van der Waals surface area contributed by atoms with E-state index in [2.05, 4.69) is 65.8 Å². The summed E-state index contributed by atoms with van der Waals surface area (Å²) in [4.78, 5) is 0.